The Hall–Kier alpha value is -5.37. The van der Waals surface area contributed by atoms with Crippen LogP contribution in [0.5, 0.6) is 0 Å². The van der Waals surface area contributed by atoms with Crippen LogP contribution in [0.25, 0.3) is 21.9 Å². The standard InChI is InChI=1S/C36H35N7O4/c1-34(2,3)47-33(46)41-36(11-12-36)32(45)42-16-13-35(14-17-42)27-10-15-38-21-29(27)43(31(35)44)22-28-30(24-8-9-25(18-37)39-20-24)26-7-5-4-6-23(26)19-40-28/h4-10,15,19-21H,11-14,16-17,22H2,1-3H3,(H,41,46). The summed E-state index contributed by atoms with van der Waals surface area (Å²) in [4.78, 5) is 57.8. The van der Waals surface area contributed by atoms with Gasteiger partial charge in [-0.15, -0.1) is 0 Å². The van der Waals surface area contributed by atoms with Crippen molar-refractivity contribution >= 4 is 34.4 Å². The van der Waals surface area contributed by atoms with Gasteiger partial charge in [-0.05, 0) is 75.6 Å². The summed E-state index contributed by atoms with van der Waals surface area (Å²) in [6.45, 7) is 6.34. The number of hydrogen-bond donors (Lipinski definition) is 1. The summed E-state index contributed by atoms with van der Waals surface area (Å²) in [6, 6.07) is 15.5. The van der Waals surface area contributed by atoms with Crippen molar-refractivity contribution in [3.63, 3.8) is 0 Å². The summed E-state index contributed by atoms with van der Waals surface area (Å²) in [5.41, 5.74) is 1.89. The monoisotopic (exact) mass is 629 g/mol. The Morgan fingerprint density at radius 2 is 1.77 bits per heavy atom. The Morgan fingerprint density at radius 3 is 2.45 bits per heavy atom. The minimum Gasteiger partial charge on any atom is -0.444 e. The first kappa shape index (κ1) is 30.3. The number of carbonyl (C=O) groups is 3. The predicted octanol–water partition coefficient (Wildman–Crippen LogP) is 5.03. The van der Waals surface area contributed by atoms with Gasteiger partial charge in [-0.1, -0.05) is 24.3 Å². The second kappa shape index (κ2) is 11.2. The third-order valence-electron chi connectivity index (χ3n) is 9.42. The maximum absolute atomic E-state index is 14.5. The van der Waals surface area contributed by atoms with Crippen molar-refractivity contribution in [3.05, 3.63) is 84.2 Å². The van der Waals surface area contributed by atoms with Crippen molar-refractivity contribution in [2.45, 2.75) is 69.6 Å². The minimum absolute atomic E-state index is 0.0422. The normalized spacial score (nSPS) is 17.7. The maximum atomic E-state index is 14.5. The molecule has 3 aliphatic rings. The molecule has 0 bridgehead atoms. The number of anilines is 1. The van der Waals surface area contributed by atoms with Gasteiger partial charge < -0.3 is 19.9 Å². The molecule has 0 atom stereocenters. The number of alkyl carbamates (subject to hydrolysis) is 1. The number of likely N-dealkylation sites (tertiary alicyclic amines) is 1. The zero-order chi connectivity index (χ0) is 33.0. The van der Waals surface area contributed by atoms with Crippen LogP contribution in [0.15, 0.2) is 67.3 Å². The third kappa shape index (κ3) is 5.33. The summed E-state index contributed by atoms with van der Waals surface area (Å²) in [5.74, 6) is -0.170. The highest BCUT2D eigenvalue weighted by Gasteiger charge is 2.57. The molecule has 1 spiro atoms. The lowest BCUT2D eigenvalue weighted by Gasteiger charge is -2.40. The molecular formula is C36H35N7O4. The fourth-order valence-electron chi connectivity index (χ4n) is 6.94. The Balaban J connectivity index is 1.16. The van der Waals surface area contributed by atoms with Crippen LogP contribution in [0.1, 0.15) is 63.4 Å². The number of fused-ring (bicyclic) bond motifs is 3. The topological polar surface area (TPSA) is 141 Å². The van der Waals surface area contributed by atoms with Crippen LogP contribution < -0.4 is 10.2 Å². The lowest BCUT2D eigenvalue weighted by atomic mass is 9.74. The number of benzene rings is 1. The van der Waals surface area contributed by atoms with E-state index in [0.29, 0.717) is 50.2 Å². The second-order valence-electron chi connectivity index (χ2n) is 13.6. The number of rotatable bonds is 5. The van der Waals surface area contributed by atoms with Crippen LogP contribution in [0.2, 0.25) is 0 Å². The Bertz CT molecular complexity index is 1950. The second-order valence-corrected chi connectivity index (χ2v) is 13.6. The van der Waals surface area contributed by atoms with Crippen molar-refractivity contribution in [1.82, 2.24) is 25.2 Å². The van der Waals surface area contributed by atoms with Crippen LogP contribution in [-0.4, -0.2) is 62.0 Å². The van der Waals surface area contributed by atoms with Gasteiger partial charge in [-0.3, -0.25) is 19.6 Å². The molecule has 11 heteroatoms. The van der Waals surface area contributed by atoms with E-state index in [0.717, 1.165) is 33.2 Å². The van der Waals surface area contributed by atoms with Crippen LogP contribution in [0.4, 0.5) is 10.5 Å². The highest BCUT2D eigenvalue weighted by Crippen LogP contribution is 2.49. The Labute approximate surface area is 272 Å². The number of nitrogens with one attached hydrogen (secondary N) is 1. The predicted molar refractivity (Wildman–Crippen MR) is 174 cm³/mol. The number of nitrogens with zero attached hydrogens (tertiary/aromatic N) is 6. The first-order valence-electron chi connectivity index (χ1n) is 15.8. The van der Waals surface area contributed by atoms with E-state index in [9.17, 15) is 19.6 Å². The van der Waals surface area contributed by atoms with Crippen molar-refractivity contribution in [2.24, 2.45) is 0 Å². The molecule has 11 nitrogen and oxygen atoms in total. The molecule has 1 saturated heterocycles. The molecule has 1 saturated carbocycles. The van der Waals surface area contributed by atoms with Gasteiger partial charge in [0.25, 0.3) is 0 Å². The summed E-state index contributed by atoms with van der Waals surface area (Å²) in [6.07, 6.45) is 8.34. The molecular weight excluding hydrogens is 594 g/mol. The first-order valence-corrected chi connectivity index (χ1v) is 15.8. The summed E-state index contributed by atoms with van der Waals surface area (Å²) in [5, 5.41) is 14.0. The average Bonchev–Trinajstić information content (AvgIpc) is 3.81. The van der Waals surface area contributed by atoms with Gasteiger partial charge in [0.2, 0.25) is 11.8 Å². The SMILES string of the molecule is CC(C)(C)OC(=O)NC1(C(=O)N2CCC3(CC2)C(=O)N(Cc2ncc4ccccc4c2-c2ccc(C#N)nc2)c2cnccc23)CC1. The van der Waals surface area contributed by atoms with Crippen molar-refractivity contribution in [1.29, 1.82) is 5.26 Å². The van der Waals surface area contributed by atoms with Gasteiger partial charge in [-0.25, -0.2) is 9.78 Å². The highest BCUT2D eigenvalue weighted by atomic mass is 16.6. The molecule has 1 aliphatic carbocycles. The fourth-order valence-corrected chi connectivity index (χ4v) is 6.94. The van der Waals surface area contributed by atoms with Crippen LogP contribution >= 0.6 is 0 Å². The number of aromatic nitrogens is 3. The number of carbonyl (C=O) groups excluding carboxylic acids is 3. The molecule has 5 heterocycles. The molecule has 0 unspecified atom stereocenters. The van der Waals surface area contributed by atoms with Crippen molar-refractivity contribution < 1.29 is 19.1 Å². The van der Waals surface area contributed by atoms with E-state index >= 15 is 0 Å². The van der Waals surface area contributed by atoms with Gasteiger partial charge in [0, 0.05) is 48.2 Å². The first-order chi connectivity index (χ1) is 22.5. The van der Waals surface area contributed by atoms with Gasteiger partial charge in [-0.2, -0.15) is 5.26 Å². The smallest absolute Gasteiger partial charge is 0.408 e. The molecule has 0 radical (unpaired) electrons. The Kier molecular flexibility index (Phi) is 7.19. The van der Waals surface area contributed by atoms with Gasteiger partial charge in [0.05, 0.1) is 29.5 Å². The maximum Gasteiger partial charge on any atom is 0.408 e. The minimum atomic E-state index is -0.946. The average molecular weight is 630 g/mol. The van der Waals surface area contributed by atoms with Gasteiger partial charge in [0.15, 0.2) is 0 Å². The molecule has 3 aromatic heterocycles. The number of pyridine rings is 3. The molecule has 1 aromatic carbocycles. The van der Waals surface area contributed by atoms with Crippen LogP contribution in [0.3, 0.4) is 0 Å². The van der Waals surface area contributed by atoms with Gasteiger partial charge in [0.1, 0.15) is 22.9 Å². The molecule has 7 rings (SSSR count). The lowest BCUT2D eigenvalue weighted by Crippen LogP contribution is -2.56. The largest absolute Gasteiger partial charge is 0.444 e. The molecule has 2 aliphatic heterocycles. The van der Waals surface area contributed by atoms with E-state index in [4.69, 9.17) is 9.72 Å². The van der Waals surface area contributed by atoms with Crippen LogP contribution in [-0.2, 0) is 26.3 Å². The number of amides is 3. The molecule has 4 aromatic rings. The zero-order valence-electron chi connectivity index (χ0n) is 26.6. The zero-order valence-corrected chi connectivity index (χ0v) is 26.6. The number of piperidine rings is 1. The number of ether oxygens (including phenoxy) is 1. The van der Waals surface area contributed by atoms with Gasteiger partial charge >= 0.3 is 6.09 Å². The van der Waals surface area contributed by atoms with E-state index in [1.54, 1.807) is 55.2 Å². The lowest BCUT2D eigenvalue weighted by molar-refractivity contribution is -0.138. The molecule has 238 valence electrons. The fraction of sp³-hybridized carbons (Fsp3) is 0.361. The summed E-state index contributed by atoms with van der Waals surface area (Å²) in [7, 11) is 0. The van der Waals surface area contributed by atoms with Crippen molar-refractivity contribution in [3.8, 4) is 17.2 Å². The summed E-state index contributed by atoms with van der Waals surface area (Å²) >= 11 is 0. The molecule has 47 heavy (non-hydrogen) atoms. The quantitative estimate of drug-likeness (QED) is 0.324. The van der Waals surface area contributed by atoms with E-state index in [-0.39, 0.29) is 18.4 Å². The molecule has 3 amide bonds. The Morgan fingerprint density at radius 1 is 1.00 bits per heavy atom. The van der Waals surface area contributed by atoms with E-state index in [1.165, 1.54) is 0 Å². The molecule has 1 N–H and O–H groups in total. The number of hydrogen-bond acceptors (Lipinski definition) is 8. The number of nitriles is 1. The summed E-state index contributed by atoms with van der Waals surface area (Å²) < 4.78 is 5.41. The molecule has 2 fully saturated rings. The van der Waals surface area contributed by atoms with E-state index in [1.807, 2.05) is 42.6 Å². The third-order valence-corrected chi connectivity index (χ3v) is 9.42. The van der Waals surface area contributed by atoms with Crippen LogP contribution in [0, 0.1) is 11.3 Å². The van der Waals surface area contributed by atoms with E-state index < -0.39 is 22.6 Å². The highest BCUT2D eigenvalue weighted by molar-refractivity contribution is 6.08. The van der Waals surface area contributed by atoms with E-state index in [2.05, 4.69) is 21.4 Å². The van der Waals surface area contributed by atoms with Crippen molar-refractivity contribution in [2.75, 3.05) is 18.0 Å².